The number of thioether (sulfide) groups is 1. The molecule has 1 saturated heterocycles. The highest BCUT2D eigenvalue weighted by Crippen LogP contribution is 2.32. The van der Waals surface area contributed by atoms with Crippen LogP contribution in [-0.2, 0) is 4.79 Å². The van der Waals surface area contributed by atoms with Gasteiger partial charge in [-0.3, -0.25) is 9.59 Å². The van der Waals surface area contributed by atoms with Crippen LogP contribution in [-0.4, -0.2) is 27.6 Å². The van der Waals surface area contributed by atoms with Gasteiger partial charge in [0.25, 0.3) is 11.1 Å². The Balaban J connectivity index is 1.76. The van der Waals surface area contributed by atoms with Crippen LogP contribution in [0.4, 0.5) is 20.6 Å². The normalized spacial score (nSPS) is 17.2. The molecule has 0 aromatic heterocycles. The van der Waals surface area contributed by atoms with Crippen LogP contribution < -0.4 is 10.2 Å². The molecule has 2 amide bonds. The lowest BCUT2D eigenvalue weighted by molar-refractivity contribution is -0.116. The van der Waals surface area contributed by atoms with E-state index in [1.54, 1.807) is 0 Å². The maximum Gasteiger partial charge on any atom is 0.335 e. The molecule has 1 atom stereocenters. The van der Waals surface area contributed by atoms with E-state index in [9.17, 15) is 18.8 Å². The summed E-state index contributed by atoms with van der Waals surface area (Å²) in [6, 6.07) is 10.9. The van der Waals surface area contributed by atoms with E-state index in [2.05, 4.69) is 5.32 Å². The van der Waals surface area contributed by atoms with E-state index >= 15 is 0 Å². The molecule has 0 saturated carbocycles. The average Bonchev–Trinajstić information content (AvgIpc) is 2.83. The second kappa shape index (κ2) is 6.32. The van der Waals surface area contributed by atoms with Crippen molar-refractivity contribution in [2.24, 2.45) is 0 Å². The zero-order valence-electron chi connectivity index (χ0n) is 12.1. The Morgan fingerprint density at radius 2 is 1.71 bits per heavy atom. The van der Waals surface area contributed by atoms with E-state index < -0.39 is 28.3 Å². The highest BCUT2D eigenvalue weighted by molar-refractivity contribution is 8.16. The van der Waals surface area contributed by atoms with Crippen molar-refractivity contribution in [2.45, 2.75) is 5.37 Å². The molecule has 0 aliphatic carbocycles. The molecule has 0 spiro atoms. The summed E-state index contributed by atoms with van der Waals surface area (Å²) in [5, 5.41) is 10.4. The smallest absolute Gasteiger partial charge is 0.335 e. The number of carboxylic acid groups (broad SMARTS) is 1. The average molecular weight is 346 g/mol. The van der Waals surface area contributed by atoms with Gasteiger partial charge in [0.15, 0.2) is 5.37 Å². The summed E-state index contributed by atoms with van der Waals surface area (Å²) in [7, 11) is 0. The molecule has 1 aliphatic rings. The van der Waals surface area contributed by atoms with Crippen LogP contribution in [0.15, 0.2) is 48.5 Å². The van der Waals surface area contributed by atoms with E-state index in [4.69, 9.17) is 5.11 Å². The molecule has 3 rings (SSSR count). The molecule has 24 heavy (non-hydrogen) atoms. The largest absolute Gasteiger partial charge is 0.478 e. The number of carboxylic acids is 1. The van der Waals surface area contributed by atoms with Gasteiger partial charge in [-0.25, -0.2) is 14.1 Å². The molecule has 0 bridgehead atoms. The lowest BCUT2D eigenvalue weighted by Gasteiger charge is -2.15. The summed E-state index contributed by atoms with van der Waals surface area (Å²) in [6.45, 7) is 0. The van der Waals surface area contributed by atoms with Crippen LogP contribution >= 0.6 is 11.8 Å². The first-order valence-corrected chi connectivity index (χ1v) is 7.74. The summed E-state index contributed by atoms with van der Waals surface area (Å²) in [6.07, 6.45) is 0. The zero-order chi connectivity index (χ0) is 17.3. The van der Waals surface area contributed by atoms with Crippen molar-refractivity contribution in [3.05, 3.63) is 59.9 Å². The van der Waals surface area contributed by atoms with E-state index in [1.807, 2.05) is 0 Å². The third-order valence-electron chi connectivity index (χ3n) is 3.36. The molecule has 122 valence electrons. The second-order valence-electron chi connectivity index (χ2n) is 4.94. The van der Waals surface area contributed by atoms with Gasteiger partial charge >= 0.3 is 5.97 Å². The summed E-state index contributed by atoms with van der Waals surface area (Å²) in [5.41, 5.74) is 0.930. The Hall–Kier alpha value is -2.87. The van der Waals surface area contributed by atoms with Crippen LogP contribution in [0.3, 0.4) is 0 Å². The molecule has 0 radical (unpaired) electrons. The standard InChI is InChI=1S/C16H11FN2O4S/c17-10-3-7-12(8-4-10)19-14(20)13(24-16(19)23)18-11-5-1-9(2-6-11)15(21)22/h1-8,13,18H,(H,21,22). The van der Waals surface area contributed by atoms with E-state index in [1.165, 1.54) is 48.5 Å². The number of anilines is 2. The van der Waals surface area contributed by atoms with Crippen LogP contribution in [0.25, 0.3) is 0 Å². The summed E-state index contributed by atoms with van der Waals surface area (Å²) >= 11 is 0.802. The fourth-order valence-electron chi connectivity index (χ4n) is 2.19. The van der Waals surface area contributed by atoms with Crippen LogP contribution in [0.2, 0.25) is 0 Å². The monoisotopic (exact) mass is 346 g/mol. The number of benzene rings is 2. The van der Waals surface area contributed by atoms with Gasteiger partial charge in [0.2, 0.25) is 0 Å². The van der Waals surface area contributed by atoms with Crippen molar-refractivity contribution in [1.82, 2.24) is 0 Å². The van der Waals surface area contributed by atoms with Crippen molar-refractivity contribution in [3.8, 4) is 0 Å². The maximum absolute atomic E-state index is 13.0. The molecule has 2 aromatic carbocycles. The van der Waals surface area contributed by atoms with Crippen molar-refractivity contribution >= 4 is 40.3 Å². The van der Waals surface area contributed by atoms with Crippen molar-refractivity contribution < 1.29 is 23.9 Å². The summed E-state index contributed by atoms with van der Waals surface area (Å²) < 4.78 is 13.0. The number of rotatable bonds is 4. The number of hydrogen-bond donors (Lipinski definition) is 2. The minimum Gasteiger partial charge on any atom is -0.478 e. The Morgan fingerprint density at radius 3 is 2.29 bits per heavy atom. The molecule has 2 N–H and O–H groups in total. The predicted octanol–water partition coefficient (Wildman–Crippen LogP) is 3.16. The molecule has 1 aliphatic heterocycles. The minimum atomic E-state index is -1.05. The van der Waals surface area contributed by atoms with Crippen molar-refractivity contribution in [1.29, 1.82) is 0 Å². The Labute approximate surface area is 140 Å². The quantitative estimate of drug-likeness (QED) is 0.884. The Bertz CT molecular complexity index is 808. The van der Waals surface area contributed by atoms with Gasteiger partial charge in [-0.1, -0.05) is 0 Å². The van der Waals surface area contributed by atoms with E-state index in [-0.39, 0.29) is 5.56 Å². The second-order valence-corrected chi connectivity index (χ2v) is 6.00. The number of nitrogens with one attached hydrogen (secondary N) is 1. The zero-order valence-corrected chi connectivity index (χ0v) is 12.9. The number of aromatic carboxylic acids is 1. The molecular formula is C16H11FN2O4S. The minimum absolute atomic E-state index is 0.120. The maximum atomic E-state index is 13.0. The van der Waals surface area contributed by atoms with Gasteiger partial charge in [0.05, 0.1) is 11.3 Å². The first-order valence-electron chi connectivity index (χ1n) is 6.86. The number of amides is 2. The summed E-state index contributed by atoms with van der Waals surface area (Å²) in [5.74, 6) is -1.98. The third-order valence-corrected chi connectivity index (χ3v) is 4.30. The van der Waals surface area contributed by atoms with E-state index in [0.717, 1.165) is 16.7 Å². The van der Waals surface area contributed by atoms with E-state index in [0.29, 0.717) is 11.4 Å². The molecule has 2 aromatic rings. The third kappa shape index (κ3) is 3.09. The number of carbonyl (C=O) groups is 3. The van der Waals surface area contributed by atoms with Gasteiger partial charge in [0, 0.05) is 5.69 Å². The van der Waals surface area contributed by atoms with Crippen molar-refractivity contribution in [2.75, 3.05) is 10.2 Å². The SMILES string of the molecule is O=C(O)c1ccc(NC2SC(=O)N(c3ccc(F)cc3)C2=O)cc1. The molecule has 1 fully saturated rings. The lowest BCUT2D eigenvalue weighted by atomic mass is 10.2. The fourth-order valence-corrected chi connectivity index (χ4v) is 3.09. The van der Waals surface area contributed by atoms with Crippen LogP contribution in [0.1, 0.15) is 10.4 Å². The molecule has 1 unspecified atom stereocenters. The molecule has 6 nitrogen and oxygen atoms in total. The number of carbonyl (C=O) groups excluding carboxylic acids is 2. The van der Waals surface area contributed by atoms with Gasteiger partial charge in [-0.15, -0.1) is 0 Å². The molecular weight excluding hydrogens is 335 g/mol. The molecule has 1 heterocycles. The number of halogens is 1. The van der Waals surface area contributed by atoms with Gasteiger partial charge < -0.3 is 10.4 Å². The topological polar surface area (TPSA) is 86.7 Å². The highest BCUT2D eigenvalue weighted by Gasteiger charge is 2.40. The van der Waals surface area contributed by atoms with Crippen LogP contribution in [0.5, 0.6) is 0 Å². The number of imide groups is 1. The fraction of sp³-hybridized carbons (Fsp3) is 0.0625. The van der Waals surface area contributed by atoms with Crippen molar-refractivity contribution in [3.63, 3.8) is 0 Å². The lowest BCUT2D eigenvalue weighted by Crippen LogP contribution is -2.34. The number of hydrogen-bond acceptors (Lipinski definition) is 5. The molecule has 8 heteroatoms. The first-order chi connectivity index (χ1) is 11.5. The van der Waals surface area contributed by atoms with Gasteiger partial charge in [-0.2, -0.15) is 0 Å². The Kier molecular flexibility index (Phi) is 4.22. The van der Waals surface area contributed by atoms with Crippen LogP contribution in [0, 0.1) is 5.82 Å². The van der Waals surface area contributed by atoms with Gasteiger partial charge in [-0.05, 0) is 60.3 Å². The predicted molar refractivity (Wildman–Crippen MR) is 87.7 cm³/mol. The number of nitrogens with zero attached hydrogens (tertiary/aromatic N) is 1. The Morgan fingerprint density at radius 1 is 1.08 bits per heavy atom. The highest BCUT2D eigenvalue weighted by atomic mass is 32.2. The first kappa shape index (κ1) is 16.0. The summed E-state index contributed by atoms with van der Waals surface area (Å²) in [4.78, 5) is 36.3. The van der Waals surface area contributed by atoms with Gasteiger partial charge in [0.1, 0.15) is 5.82 Å².